The molecular formula is C9H10BrNO4S. The minimum absolute atomic E-state index is 0.332. The first-order valence-electron chi connectivity index (χ1n) is 4.28. The third kappa shape index (κ3) is 3.82. The van der Waals surface area contributed by atoms with Crippen LogP contribution in [0, 0.1) is 6.92 Å². The minimum Gasteiger partial charge on any atom is -0.480 e. The number of anilines is 1. The van der Waals surface area contributed by atoms with Crippen LogP contribution in [-0.2, 0) is 14.8 Å². The van der Waals surface area contributed by atoms with Crippen LogP contribution in [0.1, 0.15) is 5.56 Å². The average Bonchev–Trinajstić information content (AvgIpc) is 2.08. The molecule has 0 bridgehead atoms. The number of sulfonamides is 1. The zero-order valence-corrected chi connectivity index (χ0v) is 10.8. The molecule has 2 N–H and O–H groups in total. The number of aryl methyl sites for hydroxylation is 1. The van der Waals surface area contributed by atoms with E-state index in [1.165, 1.54) is 0 Å². The predicted octanol–water partition coefficient (Wildman–Crippen LogP) is 1.58. The molecule has 1 aromatic rings. The Kier molecular flexibility index (Phi) is 3.93. The number of hydrogen-bond acceptors (Lipinski definition) is 3. The number of hydrogen-bond donors (Lipinski definition) is 2. The lowest BCUT2D eigenvalue weighted by Crippen LogP contribution is -2.22. The van der Waals surface area contributed by atoms with E-state index in [2.05, 4.69) is 20.7 Å². The molecule has 0 fully saturated rings. The Bertz CT molecular complexity index is 512. The van der Waals surface area contributed by atoms with Crippen molar-refractivity contribution < 1.29 is 18.3 Å². The van der Waals surface area contributed by atoms with Crippen LogP contribution in [0.25, 0.3) is 0 Å². The van der Waals surface area contributed by atoms with Crippen molar-refractivity contribution in [1.82, 2.24) is 0 Å². The third-order valence-corrected chi connectivity index (χ3v) is 3.79. The molecule has 0 aliphatic rings. The van der Waals surface area contributed by atoms with Gasteiger partial charge in [-0.05, 0) is 24.6 Å². The summed E-state index contributed by atoms with van der Waals surface area (Å²) < 4.78 is 25.5. The maximum Gasteiger partial charge on any atom is 0.320 e. The van der Waals surface area contributed by atoms with Crippen molar-refractivity contribution in [3.63, 3.8) is 0 Å². The summed E-state index contributed by atoms with van der Waals surface area (Å²) in [5.74, 6) is -2.34. The normalized spacial score (nSPS) is 11.1. The van der Waals surface area contributed by atoms with E-state index in [4.69, 9.17) is 5.11 Å². The lowest BCUT2D eigenvalue weighted by Gasteiger charge is -2.07. The van der Waals surface area contributed by atoms with E-state index in [0.29, 0.717) is 5.69 Å². The molecule has 1 rings (SSSR count). The molecule has 0 unspecified atom stereocenters. The fraction of sp³-hybridized carbons (Fsp3) is 0.222. The van der Waals surface area contributed by atoms with Gasteiger partial charge in [-0.2, -0.15) is 0 Å². The standard InChI is InChI=1S/C9H10BrNO4S/c1-6-2-3-7(4-8(6)10)11-16(14,15)5-9(12)13/h2-4,11H,5H2,1H3,(H,12,13). The van der Waals surface area contributed by atoms with Crippen molar-refractivity contribution in [3.8, 4) is 0 Å². The Balaban J connectivity index is 2.88. The molecular weight excluding hydrogens is 298 g/mol. The summed E-state index contributed by atoms with van der Waals surface area (Å²) in [4.78, 5) is 10.3. The molecule has 0 aromatic heterocycles. The highest BCUT2D eigenvalue weighted by Crippen LogP contribution is 2.21. The number of carboxylic acid groups (broad SMARTS) is 1. The second-order valence-electron chi connectivity index (χ2n) is 3.22. The van der Waals surface area contributed by atoms with Crippen molar-refractivity contribution in [3.05, 3.63) is 28.2 Å². The Hall–Kier alpha value is -1.08. The first-order chi connectivity index (χ1) is 7.30. The van der Waals surface area contributed by atoms with Gasteiger partial charge in [-0.3, -0.25) is 9.52 Å². The van der Waals surface area contributed by atoms with Gasteiger partial charge in [-0.25, -0.2) is 8.42 Å². The molecule has 0 atom stereocenters. The van der Waals surface area contributed by atoms with Crippen molar-refractivity contribution >= 4 is 37.6 Å². The number of carbonyl (C=O) groups is 1. The van der Waals surface area contributed by atoms with Crippen LogP contribution < -0.4 is 4.72 Å². The van der Waals surface area contributed by atoms with Crippen molar-refractivity contribution in [2.24, 2.45) is 0 Å². The molecule has 0 amide bonds. The summed E-state index contributed by atoms with van der Waals surface area (Å²) >= 11 is 3.25. The van der Waals surface area contributed by atoms with Gasteiger partial charge < -0.3 is 5.11 Å². The van der Waals surface area contributed by atoms with E-state index in [1.54, 1.807) is 18.2 Å². The highest BCUT2D eigenvalue weighted by molar-refractivity contribution is 9.10. The SMILES string of the molecule is Cc1ccc(NS(=O)(=O)CC(=O)O)cc1Br. The van der Waals surface area contributed by atoms with Crippen LogP contribution in [0.15, 0.2) is 22.7 Å². The number of benzene rings is 1. The molecule has 0 radical (unpaired) electrons. The fourth-order valence-electron chi connectivity index (χ4n) is 1.03. The summed E-state index contributed by atoms with van der Waals surface area (Å²) in [6.07, 6.45) is 0. The lowest BCUT2D eigenvalue weighted by molar-refractivity contribution is -0.134. The second kappa shape index (κ2) is 4.84. The molecule has 0 spiro atoms. The monoisotopic (exact) mass is 307 g/mol. The number of aliphatic carboxylic acids is 1. The molecule has 0 saturated carbocycles. The molecule has 88 valence electrons. The zero-order chi connectivity index (χ0) is 12.3. The Morgan fingerprint density at radius 3 is 2.62 bits per heavy atom. The number of rotatable bonds is 4. The third-order valence-electron chi connectivity index (χ3n) is 1.76. The van der Waals surface area contributed by atoms with E-state index in [0.717, 1.165) is 10.0 Å². The predicted molar refractivity (Wildman–Crippen MR) is 63.9 cm³/mol. The van der Waals surface area contributed by atoms with Gasteiger partial charge >= 0.3 is 5.97 Å². The maximum absolute atomic E-state index is 11.3. The van der Waals surface area contributed by atoms with Crippen molar-refractivity contribution in [1.29, 1.82) is 0 Å². The molecule has 0 heterocycles. The molecule has 7 heteroatoms. The minimum atomic E-state index is -3.83. The summed E-state index contributed by atoms with van der Waals surface area (Å²) in [7, 11) is -3.83. The quantitative estimate of drug-likeness (QED) is 0.884. The van der Waals surface area contributed by atoms with Crippen LogP contribution >= 0.6 is 15.9 Å². The van der Waals surface area contributed by atoms with Gasteiger partial charge in [-0.15, -0.1) is 0 Å². The largest absolute Gasteiger partial charge is 0.480 e. The van der Waals surface area contributed by atoms with Crippen LogP contribution in [0.2, 0.25) is 0 Å². The van der Waals surface area contributed by atoms with Gasteiger partial charge in [0.05, 0.1) is 0 Å². The summed E-state index contributed by atoms with van der Waals surface area (Å²) in [5.41, 5.74) is 1.29. The first kappa shape index (κ1) is 13.0. The van der Waals surface area contributed by atoms with Crippen molar-refractivity contribution in [2.75, 3.05) is 10.5 Å². The molecule has 1 aromatic carbocycles. The Morgan fingerprint density at radius 1 is 1.50 bits per heavy atom. The smallest absolute Gasteiger partial charge is 0.320 e. The average molecular weight is 308 g/mol. The van der Waals surface area contributed by atoms with Crippen LogP contribution in [0.3, 0.4) is 0 Å². The summed E-state index contributed by atoms with van der Waals surface area (Å²) in [5, 5.41) is 8.40. The van der Waals surface area contributed by atoms with Crippen LogP contribution in [0.4, 0.5) is 5.69 Å². The lowest BCUT2D eigenvalue weighted by atomic mass is 10.2. The van der Waals surface area contributed by atoms with Gasteiger partial charge in [0.2, 0.25) is 10.0 Å². The van der Waals surface area contributed by atoms with Gasteiger partial charge in [0.1, 0.15) is 0 Å². The number of carboxylic acids is 1. The van der Waals surface area contributed by atoms with Crippen LogP contribution in [-0.4, -0.2) is 25.2 Å². The van der Waals surface area contributed by atoms with Crippen molar-refractivity contribution in [2.45, 2.75) is 6.92 Å². The topological polar surface area (TPSA) is 83.5 Å². The Labute approximate surface area is 102 Å². The first-order valence-corrected chi connectivity index (χ1v) is 6.73. The van der Waals surface area contributed by atoms with E-state index in [-0.39, 0.29) is 0 Å². The second-order valence-corrected chi connectivity index (χ2v) is 5.80. The molecule has 0 aliphatic heterocycles. The van der Waals surface area contributed by atoms with E-state index in [1.807, 2.05) is 6.92 Å². The van der Waals surface area contributed by atoms with E-state index >= 15 is 0 Å². The number of nitrogens with one attached hydrogen (secondary N) is 1. The molecule has 0 saturated heterocycles. The van der Waals surface area contributed by atoms with Gasteiger partial charge in [0.15, 0.2) is 5.75 Å². The molecule has 0 aliphatic carbocycles. The maximum atomic E-state index is 11.3. The molecule has 5 nitrogen and oxygen atoms in total. The fourth-order valence-corrected chi connectivity index (χ4v) is 2.30. The molecule has 16 heavy (non-hydrogen) atoms. The van der Waals surface area contributed by atoms with Gasteiger partial charge in [0.25, 0.3) is 0 Å². The van der Waals surface area contributed by atoms with Gasteiger partial charge in [0, 0.05) is 10.2 Å². The van der Waals surface area contributed by atoms with Crippen LogP contribution in [0.5, 0.6) is 0 Å². The van der Waals surface area contributed by atoms with E-state index in [9.17, 15) is 13.2 Å². The van der Waals surface area contributed by atoms with E-state index < -0.39 is 21.7 Å². The number of halogens is 1. The Morgan fingerprint density at radius 2 is 2.12 bits per heavy atom. The highest BCUT2D eigenvalue weighted by Gasteiger charge is 2.15. The summed E-state index contributed by atoms with van der Waals surface area (Å²) in [6.45, 7) is 1.86. The summed E-state index contributed by atoms with van der Waals surface area (Å²) in [6, 6.07) is 4.87. The highest BCUT2D eigenvalue weighted by atomic mass is 79.9. The zero-order valence-electron chi connectivity index (χ0n) is 8.40. The van der Waals surface area contributed by atoms with Gasteiger partial charge in [-0.1, -0.05) is 22.0 Å².